The zero-order valence-electron chi connectivity index (χ0n) is 23.1. The molecule has 10 heteroatoms. The third-order valence-electron chi connectivity index (χ3n) is 6.62. The predicted octanol–water partition coefficient (Wildman–Crippen LogP) is 6.22. The fraction of sp³-hybridized carbons (Fsp3) is 0.333. The Hall–Kier alpha value is -3.07. The molecule has 3 aromatic rings. The van der Waals surface area contributed by atoms with Crippen LogP contribution in [-0.4, -0.2) is 43.8 Å². The minimum atomic E-state index is -4.18. The highest BCUT2D eigenvalue weighted by molar-refractivity contribution is 7.92. The maximum absolute atomic E-state index is 14.1. The molecule has 0 bridgehead atoms. The number of aryl methyl sites for hydroxylation is 1. The molecule has 0 aromatic heterocycles. The van der Waals surface area contributed by atoms with Crippen LogP contribution in [-0.2, 0) is 26.2 Å². The molecule has 3 aromatic carbocycles. The molecule has 3 rings (SSSR count). The van der Waals surface area contributed by atoms with Crippen molar-refractivity contribution >= 4 is 50.7 Å². The van der Waals surface area contributed by atoms with Gasteiger partial charge in [0.1, 0.15) is 12.6 Å². The van der Waals surface area contributed by atoms with E-state index in [2.05, 4.69) is 5.32 Å². The molecule has 7 nitrogen and oxygen atoms in total. The minimum Gasteiger partial charge on any atom is -0.352 e. The SMILES string of the molecule is CC[C@@H](C)NC(=O)[C@H](CC)N(Cc1cccc(C)c1)C(=O)CN(c1ccc(Cl)c(Cl)c1)S(=O)(=O)c1ccccc1. The molecule has 40 heavy (non-hydrogen) atoms. The van der Waals surface area contributed by atoms with Gasteiger partial charge in [0, 0.05) is 12.6 Å². The van der Waals surface area contributed by atoms with Crippen molar-refractivity contribution in [3.8, 4) is 0 Å². The zero-order valence-corrected chi connectivity index (χ0v) is 25.4. The van der Waals surface area contributed by atoms with Crippen LogP contribution >= 0.6 is 23.2 Å². The summed E-state index contributed by atoms with van der Waals surface area (Å²) in [6.45, 7) is 7.22. The molecule has 2 atom stereocenters. The van der Waals surface area contributed by atoms with Crippen molar-refractivity contribution in [2.75, 3.05) is 10.8 Å². The molecule has 0 fully saturated rings. The van der Waals surface area contributed by atoms with Crippen LogP contribution < -0.4 is 9.62 Å². The molecule has 0 spiro atoms. The quantitative estimate of drug-likeness (QED) is 0.266. The molecule has 2 amide bonds. The van der Waals surface area contributed by atoms with Crippen LogP contribution in [0.15, 0.2) is 77.7 Å². The summed E-state index contributed by atoms with van der Waals surface area (Å²) in [5.41, 5.74) is 2.01. The van der Waals surface area contributed by atoms with Gasteiger partial charge in [-0.05, 0) is 62.6 Å². The van der Waals surface area contributed by atoms with E-state index >= 15 is 0 Å². The van der Waals surface area contributed by atoms with Crippen molar-refractivity contribution in [3.05, 3.63) is 94.0 Å². The summed E-state index contributed by atoms with van der Waals surface area (Å²) in [5.74, 6) is -0.817. The first-order valence-electron chi connectivity index (χ1n) is 13.2. The first kappa shape index (κ1) is 31.5. The Morgan fingerprint density at radius 2 is 1.60 bits per heavy atom. The monoisotopic (exact) mass is 603 g/mol. The fourth-order valence-corrected chi connectivity index (χ4v) is 5.98. The predicted molar refractivity (Wildman–Crippen MR) is 161 cm³/mol. The van der Waals surface area contributed by atoms with E-state index in [-0.39, 0.29) is 39.1 Å². The molecule has 0 heterocycles. The first-order chi connectivity index (χ1) is 19.0. The smallest absolute Gasteiger partial charge is 0.264 e. The molecule has 1 N–H and O–H groups in total. The second-order valence-electron chi connectivity index (χ2n) is 9.68. The lowest BCUT2D eigenvalue weighted by molar-refractivity contribution is -0.140. The molecular weight excluding hydrogens is 569 g/mol. The van der Waals surface area contributed by atoms with Gasteiger partial charge in [0.25, 0.3) is 10.0 Å². The maximum atomic E-state index is 14.1. The van der Waals surface area contributed by atoms with E-state index in [0.717, 1.165) is 21.9 Å². The standard InChI is InChI=1S/C30H35Cl2N3O4S/c1-5-22(4)33-30(37)28(6-2)34(19-23-12-10-11-21(3)17-23)29(36)20-35(24-15-16-26(31)27(32)18-24)40(38,39)25-13-8-7-9-14-25/h7-18,22,28H,5-6,19-20H2,1-4H3,(H,33,37)/t22-,28+/m1/s1. The highest BCUT2D eigenvalue weighted by Gasteiger charge is 2.34. The number of rotatable bonds is 12. The van der Waals surface area contributed by atoms with E-state index in [1.165, 1.54) is 35.2 Å². The Labute approximate surface area is 247 Å². The highest BCUT2D eigenvalue weighted by Crippen LogP contribution is 2.31. The van der Waals surface area contributed by atoms with Gasteiger partial charge in [-0.2, -0.15) is 0 Å². The highest BCUT2D eigenvalue weighted by atomic mass is 35.5. The number of anilines is 1. The van der Waals surface area contributed by atoms with Gasteiger partial charge in [0.2, 0.25) is 11.8 Å². The second-order valence-corrected chi connectivity index (χ2v) is 12.4. The van der Waals surface area contributed by atoms with Gasteiger partial charge in [0.05, 0.1) is 20.6 Å². The van der Waals surface area contributed by atoms with Gasteiger partial charge >= 0.3 is 0 Å². The number of sulfonamides is 1. The number of hydrogen-bond acceptors (Lipinski definition) is 4. The van der Waals surface area contributed by atoms with Crippen LogP contribution in [0.4, 0.5) is 5.69 Å². The van der Waals surface area contributed by atoms with Crippen LogP contribution in [0.25, 0.3) is 0 Å². The summed E-state index contributed by atoms with van der Waals surface area (Å²) >= 11 is 12.4. The number of halogens is 2. The molecular formula is C30H35Cl2N3O4S. The number of nitrogens with zero attached hydrogens (tertiary/aromatic N) is 2. The molecule has 0 radical (unpaired) electrons. The third kappa shape index (κ3) is 7.77. The van der Waals surface area contributed by atoms with Crippen LogP contribution in [0.1, 0.15) is 44.7 Å². The average molecular weight is 605 g/mol. The van der Waals surface area contributed by atoms with Gasteiger partial charge in [-0.25, -0.2) is 8.42 Å². The minimum absolute atomic E-state index is 0.0145. The molecule has 0 unspecified atom stereocenters. The van der Waals surface area contributed by atoms with E-state index in [0.29, 0.717) is 6.42 Å². The average Bonchev–Trinajstić information content (AvgIpc) is 2.93. The lowest BCUT2D eigenvalue weighted by atomic mass is 10.1. The topological polar surface area (TPSA) is 86.8 Å². The normalized spacial score (nSPS) is 12.8. The lowest BCUT2D eigenvalue weighted by Crippen LogP contribution is -2.53. The van der Waals surface area contributed by atoms with Crippen LogP contribution in [0.3, 0.4) is 0 Å². The van der Waals surface area contributed by atoms with Crippen LogP contribution in [0, 0.1) is 6.92 Å². The summed E-state index contributed by atoms with van der Waals surface area (Å²) in [6, 6.07) is 19.0. The number of carbonyl (C=O) groups is 2. The number of benzene rings is 3. The molecule has 0 aliphatic heterocycles. The Bertz CT molecular complexity index is 1430. The second kappa shape index (κ2) is 14.0. The fourth-order valence-electron chi connectivity index (χ4n) is 4.26. The van der Waals surface area contributed by atoms with E-state index in [1.807, 2.05) is 52.0 Å². The summed E-state index contributed by atoms with van der Waals surface area (Å²) in [5, 5.41) is 3.37. The number of hydrogen-bond donors (Lipinski definition) is 1. The van der Waals surface area contributed by atoms with Gasteiger partial charge < -0.3 is 10.2 Å². The molecule has 214 valence electrons. The number of carbonyl (C=O) groups excluding carboxylic acids is 2. The van der Waals surface area contributed by atoms with Gasteiger partial charge in [-0.3, -0.25) is 13.9 Å². The van der Waals surface area contributed by atoms with Crippen molar-refractivity contribution in [1.29, 1.82) is 0 Å². The van der Waals surface area contributed by atoms with Crippen LogP contribution in [0.2, 0.25) is 10.0 Å². The summed E-state index contributed by atoms with van der Waals surface area (Å²) in [6.07, 6.45) is 1.08. The number of nitrogens with one attached hydrogen (secondary N) is 1. The van der Waals surface area contributed by atoms with Gasteiger partial charge in [-0.15, -0.1) is 0 Å². The summed E-state index contributed by atoms with van der Waals surface area (Å²) in [7, 11) is -4.18. The van der Waals surface area contributed by atoms with E-state index in [4.69, 9.17) is 23.2 Å². The van der Waals surface area contributed by atoms with Crippen molar-refractivity contribution in [2.45, 2.75) is 64.1 Å². The molecule has 0 aliphatic rings. The van der Waals surface area contributed by atoms with Crippen LogP contribution in [0.5, 0.6) is 0 Å². The Morgan fingerprint density at radius 1 is 0.900 bits per heavy atom. The summed E-state index contributed by atoms with van der Waals surface area (Å²) in [4.78, 5) is 28.9. The first-order valence-corrected chi connectivity index (χ1v) is 15.4. The Kier molecular flexibility index (Phi) is 11.0. The maximum Gasteiger partial charge on any atom is 0.264 e. The van der Waals surface area contributed by atoms with E-state index < -0.39 is 28.5 Å². The van der Waals surface area contributed by atoms with E-state index in [1.54, 1.807) is 18.2 Å². The largest absolute Gasteiger partial charge is 0.352 e. The zero-order chi connectivity index (χ0) is 29.4. The molecule has 0 aliphatic carbocycles. The Morgan fingerprint density at radius 3 is 2.20 bits per heavy atom. The van der Waals surface area contributed by atoms with Crippen molar-refractivity contribution < 1.29 is 18.0 Å². The van der Waals surface area contributed by atoms with Gasteiger partial charge in [0.15, 0.2) is 0 Å². The van der Waals surface area contributed by atoms with Crippen molar-refractivity contribution in [3.63, 3.8) is 0 Å². The van der Waals surface area contributed by atoms with E-state index in [9.17, 15) is 18.0 Å². The molecule has 0 saturated heterocycles. The molecule has 0 saturated carbocycles. The van der Waals surface area contributed by atoms with Crippen molar-refractivity contribution in [2.24, 2.45) is 0 Å². The van der Waals surface area contributed by atoms with Gasteiger partial charge in [-0.1, -0.05) is 85.1 Å². The summed E-state index contributed by atoms with van der Waals surface area (Å²) < 4.78 is 28.7. The van der Waals surface area contributed by atoms with Crippen molar-refractivity contribution in [1.82, 2.24) is 10.2 Å². The Balaban J connectivity index is 2.07. The number of amides is 2. The third-order valence-corrected chi connectivity index (χ3v) is 9.15. The lowest BCUT2D eigenvalue weighted by Gasteiger charge is -2.34.